The summed E-state index contributed by atoms with van der Waals surface area (Å²) in [6.07, 6.45) is -2.64. The molecule has 1 saturated heterocycles. The number of rotatable bonds is 13. The average molecular weight is 519 g/mol. The van der Waals surface area contributed by atoms with Crippen molar-refractivity contribution in [2.24, 2.45) is 0 Å². The molecule has 4 rings (SSSR count). The zero-order valence-electron chi connectivity index (χ0n) is 21.5. The van der Waals surface area contributed by atoms with Crippen LogP contribution in [0, 0.1) is 0 Å². The quantitative estimate of drug-likeness (QED) is 0.237. The Kier molecular flexibility index (Phi) is 10.6. The van der Waals surface area contributed by atoms with Gasteiger partial charge in [-0.3, -0.25) is 0 Å². The number of hydrogen-bond donors (Lipinski definition) is 0. The summed E-state index contributed by atoms with van der Waals surface area (Å²) in [4.78, 5) is 12.9. The van der Waals surface area contributed by atoms with E-state index in [0.29, 0.717) is 6.61 Å². The molecule has 5 unspecified atom stereocenters. The molecule has 0 saturated carbocycles. The first-order chi connectivity index (χ1) is 18.7. The molecule has 0 N–H and O–H groups in total. The molecule has 0 bridgehead atoms. The molecule has 0 radical (unpaired) electrons. The maximum absolute atomic E-state index is 12.9. The predicted molar refractivity (Wildman–Crippen MR) is 142 cm³/mol. The molecule has 3 aromatic carbocycles. The SMILES string of the molecule is C=CCOC1OC(C(=O)OC)C(OCc2ccccc2)C(OCc2ccccc2)C1OCc1ccccc1. The first-order valence-electron chi connectivity index (χ1n) is 12.6. The highest BCUT2D eigenvalue weighted by Gasteiger charge is 2.52. The van der Waals surface area contributed by atoms with Gasteiger partial charge in [-0.15, -0.1) is 6.58 Å². The van der Waals surface area contributed by atoms with Crippen molar-refractivity contribution >= 4 is 5.97 Å². The lowest BCUT2D eigenvalue weighted by Crippen LogP contribution is -2.62. The topological polar surface area (TPSA) is 72.5 Å². The highest BCUT2D eigenvalue weighted by molar-refractivity contribution is 5.75. The molecule has 200 valence electrons. The summed E-state index contributed by atoms with van der Waals surface area (Å²) in [5.74, 6) is -0.579. The third-order valence-corrected chi connectivity index (χ3v) is 6.16. The smallest absolute Gasteiger partial charge is 0.337 e. The van der Waals surface area contributed by atoms with Crippen LogP contribution in [-0.2, 0) is 53.0 Å². The minimum Gasteiger partial charge on any atom is -0.467 e. The molecule has 0 aliphatic carbocycles. The van der Waals surface area contributed by atoms with Crippen LogP contribution >= 0.6 is 0 Å². The molecule has 1 fully saturated rings. The van der Waals surface area contributed by atoms with Gasteiger partial charge in [0.2, 0.25) is 0 Å². The van der Waals surface area contributed by atoms with E-state index in [1.165, 1.54) is 7.11 Å². The van der Waals surface area contributed by atoms with Crippen LogP contribution in [0.3, 0.4) is 0 Å². The van der Waals surface area contributed by atoms with Crippen LogP contribution in [-0.4, -0.2) is 50.4 Å². The number of carbonyl (C=O) groups excluding carboxylic acids is 1. The highest BCUT2D eigenvalue weighted by atomic mass is 16.7. The average Bonchev–Trinajstić information content (AvgIpc) is 2.98. The molecular formula is C31H34O7. The van der Waals surface area contributed by atoms with Gasteiger partial charge in [0.25, 0.3) is 0 Å². The van der Waals surface area contributed by atoms with Crippen molar-refractivity contribution in [2.75, 3.05) is 13.7 Å². The van der Waals surface area contributed by atoms with Gasteiger partial charge in [-0.25, -0.2) is 4.79 Å². The van der Waals surface area contributed by atoms with E-state index < -0.39 is 36.7 Å². The number of hydrogen-bond acceptors (Lipinski definition) is 7. The normalized spacial score (nSPS) is 23.0. The van der Waals surface area contributed by atoms with Gasteiger partial charge in [0.05, 0.1) is 33.5 Å². The van der Waals surface area contributed by atoms with Gasteiger partial charge in [0, 0.05) is 0 Å². The highest BCUT2D eigenvalue weighted by Crippen LogP contribution is 2.31. The number of methoxy groups -OCH3 is 1. The third kappa shape index (κ3) is 7.60. The maximum Gasteiger partial charge on any atom is 0.337 e. The van der Waals surface area contributed by atoms with Crippen LogP contribution in [0.15, 0.2) is 104 Å². The molecule has 0 amide bonds. The van der Waals surface area contributed by atoms with Crippen molar-refractivity contribution in [3.63, 3.8) is 0 Å². The van der Waals surface area contributed by atoms with Gasteiger partial charge < -0.3 is 28.4 Å². The molecule has 1 heterocycles. The summed E-state index contributed by atoms with van der Waals surface area (Å²) in [5, 5.41) is 0. The number of esters is 1. The maximum atomic E-state index is 12.9. The zero-order valence-corrected chi connectivity index (χ0v) is 21.5. The lowest BCUT2D eigenvalue weighted by molar-refractivity contribution is -0.318. The van der Waals surface area contributed by atoms with Crippen LogP contribution in [0.1, 0.15) is 16.7 Å². The van der Waals surface area contributed by atoms with Gasteiger partial charge in [0.1, 0.15) is 18.3 Å². The Morgan fingerprint density at radius 2 is 1.16 bits per heavy atom. The molecule has 7 nitrogen and oxygen atoms in total. The number of ether oxygens (including phenoxy) is 6. The van der Waals surface area contributed by atoms with E-state index in [9.17, 15) is 4.79 Å². The van der Waals surface area contributed by atoms with E-state index in [-0.39, 0.29) is 19.8 Å². The Morgan fingerprint density at radius 1 is 0.711 bits per heavy atom. The minimum atomic E-state index is -1.09. The number of carbonyl (C=O) groups is 1. The largest absolute Gasteiger partial charge is 0.467 e. The van der Waals surface area contributed by atoms with Crippen molar-refractivity contribution < 1.29 is 33.2 Å². The second-order valence-corrected chi connectivity index (χ2v) is 8.85. The molecule has 0 aromatic heterocycles. The predicted octanol–water partition coefficient (Wildman–Crippen LogP) is 4.84. The Bertz CT molecular complexity index is 1110. The fourth-order valence-corrected chi connectivity index (χ4v) is 4.26. The summed E-state index contributed by atoms with van der Waals surface area (Å²) in [5.41, 5.74) is 2.90. The van der Waals surface area contributed by atoms with Crippen molar-refractivity contribution in [3.8, 4) is 0 Å². The van der Waals surface area contributed by atoms with Crippen LogP contribution in [0.2, 0.25) is 0 Å². The zero-order chi connectivity index (χ0) is 26.6. The fraction of sp³-hybridized carbons (Fsp3) is 0.323. The molecule has 0 spiro atoms. The fourth-order valence-electron chi connectivity index (χ4n) is 4.26. The monoisotopic (exact) mass is 518 g/mol. The second-order valence-electron chi connectivity index (χ2n) is 8.85. The van der Waals surface area contributed by atoms with Crippen molar-refractivity contribution in [1.29, 1.82) is 0 Å². The van der Waals surface area contributed by atoms with Crippen LogP contribution in [0.25, 0.3) is 0 Å². The van der Waals surface area contributed by atoms with Crippen molar-refractivity contribution in [1.82, 2.24) is 0 Å². The molecule has 1 aliphatic rings. The molecule has 3 aromatic rings. The van der Waals surface area contributed by atoms with Gasteiger partial charge in [-0.2, -0.15) is 0 Å². The van der Waals surface area contributed by atoms with Gasteiger partial charge >= 0.3 is 5.97 Å². The number of benzene rings is 3. The van der Waals surface area contributed by atoms with Crippen molar-refractivity contribution in [2.45, 2.75) is 50.5 Å². The van der Waals surface area contributed by atoms with Gasteiger partial charge in [0.15, 0.2) is 12.4 Å². The first kappa shape index (κ1) is 27.7. The summed E-state index contributed by atoms with van der Waals surface area (Å²) >= 11 is 0. The summed E-state index contributed by atoms with van der Waals surface area (Å²) < 4.78 is 36.4. The Labute approximate surface area is 223 Å². The second kappa shape index (κ2) is 14.6. The van der Waals surface area contributed by atoms with Crippen molar-refractivity contribution in [3.05, 3.63) is 120 Å². The van der Waals surface area contributed by atoms with E-state index in [4.69, 9.17) is 28.4 Å². The molecule has 5 atom stereocenters. The Morgan fingerprint density at radius 3 is 1.61 bits per heavy atom. The van der Waals surface area contributed by atoms with Crippen LogP contribution < -0.4 is 0 Å². The standard InChI is InChI=1S/C31H34O7/c1-3-19-34-31-29(37-22-25-17-11-6-12-18-25)27(36-21-24-15-9-5-10-16-24)26(28(38-31)30(32)33-2)35-20-23-13-7-4-8-14-23/h3-18,26-29,31H,1,19-22H2,2H3. The van der Waals surface area contributed by atoms with E-state index in [0.717, 1.165) is 16.7 Å². The first-order valence-corrected chi connectivity index (χ1v) is 12.6. The molecular weight excluding hydrogens is 484 g/mol. The van der Waals surface area contributed by atoms with Crippen LogP contribution in [0.5, 0.6) is 0 Å². The van der Waals surface area contributed by atoms with E-state index in [1.807, 2.05) is 91.0 Å². The van der Waals surface area contributed by atoms with E-state index >= 15 is 0 Å². The van der Waals surface area contributed by atoms with Crippen LogP contribution in [0.4, 0.5) is 0 Å². The molecule has 38 heavy (non-hydrogen) atoms. The summed E-state index contributed by atoms with van der Waals surface area (Å²) in [6.45, 7) is 4.76. The molecule has 1 aliphatic heterocycles. The van der Waals surface area contributed by atoms with Gasteiger partial charge in [-0.05, 0) is 16.7 Å². The lowest BCUT2D eigenvalue weighted by Gasteiger charge is -2.44. The summed E-state index contributed by atoms with van der Waals surface area (Å²) in [7, 11) is 1.32. The lowest BCUT2D eigenvalue weighted by atomic mass is 9.97. The minimum absolute atomic E-state index is 0.199. The van der Waals surface area contributed by atoms with E-state index in [2.05, 4.69) is 6.58 Å². The summed E-state index contributed by atoms with van der Waals surface area (Å²) in [6, 6.07) is 29.3. The molecule has 7 heteroatoms. The third-order valence-electron chi connectivity index (χ3n) is 6.16. The Hall–Kier alpha value is -3.33. The Balaban J connectivity index is 1.65. The van der Waals surface area contributed by atoms with E-state index in [1.54, 1.807) is 6.08 Å². The van der Waals surface area contributed by atoms with Gasteiger partial charge in [-0.1, -0.05) is 97.1 Å².